The standard InChI is InChI=1S/C24H30N2O4S/c1-15-3-4-18(13-16(15)2)26-31(27,28)19-5-6-22-21(14-19)24-20(9-12-30-24)23(25-22)17-7-10-29-11-8-17/h3-6,13-14,17,20,23-26H,7-12H2,1-2H3/t20-,23-,24-/m0/s1. The van der Waals surface area contributed by atoms with E-state index in [0.29, 0.717) is 30.2 Å². The zero-order chi connectivity index (χ0) is 21.6. The van der Waals surface area contributed by atoms with Crippen LogP contribution in [-0.4, -0.2) is 34.3 Å². The average Bonchev–Trinajstić information content (AvgIpc) is 3.26. The number of hydrogen-bond acceptors (Lipinski definition) is 5. The van der Waals surface area contributed by atoms with Crippen LogP contribution in [0.1, 0.15) is 42.1 Å². The molecule has 0 radical (unpaired) electrons. The number of sulfonamides is 1. The zero-order valence-corrected chi connectivity index (χ0v) is 18.9. The number of hydrogen-bond donors (Lipinski definition) is 2. The van der Waals surface area contributed by atoms with Gasteiger partial charge in [-0.1, -0.05) is 6.07 Å². The lowest BCUT2D eigenvalue weighted by Crippen LogP contribution is -2.43. The highest BCUT2D eigenvalue weighted by Crippen LogP contribution is 2.48. The summed E-state index contributed by atoms with van der Waals surface area (Å²) in [6.07, 6.45) is 3.06. The van der Waals surface area contributed by atoms with E-state index in [1.54, 1.807) is 18.2 Å². The molecule has 2 N–H and O–H groups in total. The molecule has 0 aliphatic carbocycles. The SMILES string of the molecule is Cc1ccc(NS(=O)(=O)c2ccc3c(c2)[C@H]2OCC[C@H]2[C@H](C2CCOCC2)N3)cc1C. The predicted molar refractivity (Wildman–Crippen MR) is 121 cm³/mol. The van der Waals surface area contributed by atoms with Crippen molar-refractivity contribution in [2.45, 2.75) is 50.2 Å². The van der Waals surface area contributed by atoms with Gasteiger partial charge in [-0.3, -0.25) is 4.72 Å². The minimum Gasteiger partial charge on any atom is -0.381 e. The minimum absolute atomic E-state index is 0.0548. The Morgan fingerprint density at radius 2 is 1.77 bits per heavy atom. The van der Waals surface area contributed by atoms with Crippen LogP contribution in [0.5, 0.6) is 0 Å². The minimum atomic E-state index is -3.69. The van der Waals surface area contributed by atoms with Gasteiger partial charge >= 0.3 is 0 Å². The van der Waals surface area contributed by atoms with Crippen molar-refractivity contribution in [2.24, 2.45) is 11.8 Å². The molecule has 2 fully saturated rings. The van der Waals surface area contributed by atoms with Gasteiger partial charge in [-0.05, 0) is 80.5 Å². The molecule has 2 aromatic carbocycles. The third kappa shape index (κ3) is 3.95. The maximum Gasteiger partial charge on any atom is 0.261 e. The lowest BCUT2D eigenvalue weighted by molar-refractivity contribution is 0.0360. The molecular weight excluding hydrogens is 412 g/mol. The van der Waals surface area contributed by atoms with E-state index in [2.05, 4.69) is 10.0 Å². The Morgan fingerprint density at radius 3 is 2.55 bits per heavy atom. The van der Waals surface area contributed by atoms with Gasteiger partial charge < -0.3 is 14.8 Å². The van der Waals surface area contributed by atoms with E-state index < -0.39 is 10.0 Å². The lowest BCUT2D eigenvalue weighted by atomic mass is 9.76. The summed E-state index contributed by atoms with van der Waals surface area (Å²) in [6.45, 7) is 6.33. The van der Waals surface area contributed by atoms with Gasteiger partial charge in [-0.15, -0.1) is 0 Å². The topological polar surface area (TPSA) is 76.7 Å². The Labute approximate surface area is 184 Å². The maximum atomic E-state index is 13.1. The first-order valence-electron chi connectivity index (χ1n) is 11.1. The van der Waals surface area contributed by atoms with Crippen molar-refractivity contribution in [3.63, 3.8) is 0 Å². The monoisotopic (exact) mass is 442 g/mol. The van der Waals surface area contributed by atoms with Gasteiger partial charge in [0.25, 0.3) is 10.0 Å². The van der Waals surface area contributed by atoms with E-state index in [0.717, 1.165) is 54.9 Å². The first-order chi connectivity index (χ1) is 14.9. The maximum absolute atomic E-state index is 13.1. The van der Waals surface area contributed by atoms with Crippen LogP contribution in [0.4, 0.5) is 11.4 Å². The molecule has 0 unspecified atom stereocenters. The zero-order valence-electron chi connectivity index (χ0n) is 18.1. The number of benzene rings is 2. The van der Waals surface area contributed by atoms with Crippen molar-refractivity contribution in [3.05, 3.63) is 53.1 Å². The molecule has 166 valence electrons. The van der Waals surface area contributed by atoms with E-state index in [-0.39, 0.29) is 11.0 Å². The molecular formula is C24H30N2O4S. The molecule has 0 saturated carbocycles. The van der Waals surface area contributed by atoms with Crippen LogP contribution in [0.15, 0.2) is 41.3 Å². The third-order valence-electron chi connectivity index (χ3n) is 7.09. The van der Waals surface area contributed by atoms with Gasteiger partial charge in [0.05, 0.1) is 11.0 Å². The van der Waals surface area contributed by atoms with Crippen LogP contribution < -0.4 is 10.0 Å². The van der Waals surface area contributed by atoms with Crippen molar-refractivity contribution in [3.8, 4) is 0 Å². The van der Waals surface area contributed by atoms with Crippen LogP contribution in [0, 0.1) is 25.7 Å². The Hall–Kier alpha value is -2.09. The second kappa shape index (κ2) is 8.11. The molecule has 2 saturated heterocycles. The van der Waals surface area contributed by atoms with Crippen molar-refractivity contribution >= 4 is 21.4 Å². The fourth-order valence-electron chi connectivity index (χ4n) is 5.22. The summed E-state index contributed by atoms with van der Waals surface area (Å²) in [7, 11) is -3.69. The van der Waals surface area contributed by atoms with Crippen molar-refractivity contribution in [1.29, 1.82) is 0 Å². The second-order valence-electron chi connectivity index (χ2n) is 9.02. The summed E-state index contributed by atoms with van der Waals surface area (Å²) in [5.41, 5.74) is 4.70. The Bertz CT molecular complexity index is 1080. The van der Waals surface area contributed by atoms with Gasteiger partial charge in [-0.25, -0.2) is 8.42 Å². The largest absolute Gasteiger partial charge is 0.381 e. The van der Waals surface area contributed by atoms with E-state index >= 15 is 0 Å². The number of nitrogens with one attached hydrogen (secondary N) is 2. The van der Waals surface area contributed by atoms with E-state index in [4.69, 9.17) is 9.47 Å². The van der Waals surface area contributed by atoms with Gasteiger partial charge in [0.2, 0.25) is 0 Å². The van der Waals surface area contributed by atoms with Crippen molar-refractivity contribution < 1.29 is 17.9 Å². The fraction of sp³-hybridized carbons (Fsp3) is 0.500. The molecule has 0 bridgehead atoms. The Balaban J connectivity index is 1.43. The average molecular weight is 443 g/mol. The highest BCUT2D eigenvalue weighted by molar-refractivity contribution is 7.92. The quantitative estimate of drug-likeness (QED) is 0.734. The third-order valence-corrected chi connectivity index (χ3v) is 8.47. The molecule has 3 atom stereocenters. The molecule has 2 aromatic rings. The number of ether oxygens (including phenoxy) is 2. The first kappa shape index (κ1) is 20.8. The molecule has 0 amide bonds. The molecule has 3 aliphatic heterocycles. The van der Waals surface area contributed by atoms with Gasteiger partial charge in [0, 0.05) is 48.7 Å². The Morgan fingerprint density at radius 1 is 0.968 bits per heavy atom. The highest BCUT2D eigenvalue weighted by Gasteiger charge is 2.44. The predicted octanol–water partition coefficient (Wildman–Crippen LogP) is 4.40. The van der Waals surface area contributed by atoms with E-state index in [9.17, 15) is 8.42 Å². The molecule has 7 heteroatoms. The molecule has 3 aliphatic rings. The summed E-state index contributed by atoms with van der Waals surface area (Å²) in [4.78, 5) is 0.269. The first-order valence-corrected chi connectivity index (χ1v) is 12.6. The van der Waals surface area contributed by atoms with Crippen LogP contribution in [0.3, 0.4) is 0 Å². The smallest absolute Gasteiger partial charge is 0.261 e. The van der Waals surface area contributed by atoms with Crippen LogP contribution in [0.25, 0.3) is 0 Å². The normalized spacial score (nSPS) is 26.1. The summed E-state index contributed by atoms with van der Waals surface area (Å²) < 4.78 is 40.6. The van der Waals surface area contributed by atoms with Crippen molar-refractivity contribution in [2.75, 3.05) is 29.9 Å². The van der Waals surface area contributed by atoms with Crippen LogP contribution in [0.2, 0.25) is 0 Å². The number of fused-ring (bicyclic) bond motifs is 3. The molecule has 3 heterocycles. The van der Waals surface area contributed by atoms with Crippen molar-refractivity contribution in [1.82, 2.24) is 0 Å². The van der Waals surface area contributed by atoms with Crippen LogP contribution in [-0.2, 0) is 19.5 Å². The van der Waals surface area contributed by atoms with Gasteiger partial charge in [0.15, 0.2) is 0 Å². The molecule has 0 aromatic heterocycles. The van der Waals surface area contributed by atoms with E-state index in [1.165, 1.54) is 0 Å². The number of rotatable bonds is 4. The summed E-state index contributed by atoms with van der Waals surface area (Å²) >= 11 is 0. The highest BCUT2D eigenvalue weighted by atomic mass is 32.2. The van der Waals surface area contributed by atoms with E-state index in [1.807, 2.05) is 32.0 Å². The number of aryl methyl sites for hydroxylation is 2. The molecule has 31 heavy (non-hydrogen) atoms. The lowest BCUT2D eigenvalue weighted by Gasteiger charge is -2.41. The van der Waals surface area contributed by atoms with Crippen LogP contribution >= 0.6 is 0 Å². The van der Waals surface area contributed by atoms with Gasteiger partial charge in [-0.2, -0.15) is 0 Å². The summed E-state index contributed by atoms with van der Waals surface area (Å²) in [5.74, 6) is 0.923. The molecule has 0 spiro atoms. The second-order valence-corrected chi connectivity index (χ2v) is 10.7. The number of anilines is 2. The fourth-order valence-corrected chi connectivity index (χ4v) is 6.30. The summed E-state index contributed by atoms with van der Waals surface area (Å²) in [5, 5.41) is 3.73. The summed E-state index contributed by atoms with van der Waals surface area (Å²) in [6, 6.07) is 11.3. The molecule has 5 rings (SSSR count). The van der Waals surface area contributed by atoms with Gasteiger partial charge in [0.1, 0.15) is 0 Å². The Kier molecular flexibility index (Phi) is 5.44. The molecule has 6 nitrogen and oxygen atoms in total.